The van der Waals surface area contributed by atoms with E-state index in [-0.39, 0.29) is 12.5 Å². The molecule has 2 unspecified atom stereocenters. The smallest absolute Gasteiger partial charge is 0.335 e. The fourth-order valence-corrected chi connectivity index (χ4v) is 2.37. The van der Waals surface area contributed by atoms with Crippen LogP contribution >= 0.6 is 0 Å². The summed E-state index contributed by atoms with van der Waals surface area (Å²) in [6.45, 7) is 0.672. The van der Waals surface area contributed by atoms with Crippen molar-refractivity contribution in [1.29, 1.82) is 0 Å². The molecule has 1 N–H and O–H groups in total. The topological polar surface area (TPSA) is 89.0 Å². The van der Waals surface area contributed by atoms with Gasteiger partial charge in [0.2, 0.25) is 5.91 Å². The lowest BCUT2D eigenvalue weighted by atomic mass is 10.0. The van der Waals surface area contributed by atoms with Gasteiger partial charge in [-0.05, 0) is 18.6 Å². The van der Waals surface area contributed by atoms with E-state index in [0.717, 1.165) is 0 Å². The second kappa shape index (κ2) is 7.14. The Morgan fingerprint density at radius 2 is 2.38 bits per heavy atom. The van der Waals surface area contributed by atoms with E-state index in [9.17, 15) is 14.7 Å². The molecule has 1 aliphatic rings. The molecule has 7 heteroatoms. The molecule has 0 spiro atoms. The van der Waals surface area contributed by atoms with Gasteiger partial charge in [-0.15, -0.1) is 0 Å². The van der Waals surface area contributed by atoms with Crippen LogP contribution in [0.25, 0.3) is 0 Å². The summed E-state index contributed by atoms with van der Waals surface area (Å²) in [5.74, 6) is -1.34. The van der Waals surface area contributed by atoms with Crippen LogP contribution in [-0.2, 0) is 19.1 Å². The molecule has 0 bridgehead atoms. The second-order valence-electron chi connectivity index (χ2n) is 4.70. The molecule has 2 heterocycles. The Morgan fingerprint density at radius 3 is 3.00 bits per heavy atom. The molecule has 0 aliphatic carbocycles. The van der Waals surface area contributed by atoms with Crippen molar-refractivity contribution in [1.82, 2.24) is 9.88 Å². The third kappa shape index (κ3) is 3.56. The minimum atomic E-state index is -1.11. The maximum atomic E-state index is 12.1. The Kier molecular flexibility index (Phi) is 5.24. The van der Waals surface area contributed by atoms with Gasteiger partial charge in [0, 0.05) is 26.5 Å². The highest BCUT2D eigenvalue weighted by Crippen LogP contribution is 2.29. The zero-order valence-electron chi connectivity index (χ0n) is 11.8. The highest BCUT2D eigenvalue weighted by molar-refractivity contribution is 5.82. The number of carboxylic acid groups (broad SMARTS) is 1. The van der Waals surface area contributed by atoms with Crippen LogP contribution in [0.2, 0.25) is 0 Å². The lowest BCUT2D eigenvalue weighted by molar-refractivity contribution is -0.173. The van der Waals surface area contributed by atoms with Crippen molar-refractivity contribution >= 4 is 11.9 Å². The maximum Gasteiger partial charge on any atom is 0.335 e. The number of aromatic nitrogens is 1. The predicted molar refractivity (Wildman–Crippen MR) is 72.6 cm³/mol. The van der Waals surface area contributed by atoms with Gasteiger partial charge < -0.3 is 19.5 Å². The molecule has 0 aromatic carbocycles. The average Bonchev–Trinajstić information content (AvgIpc) is 2.49. The molecule has 2 rings (SSSR count). The van der Waals surface area contributed by atoms with Crippen molar-refractivity contribution in [2.75, 3.05) is 26.9 Å². The lowest BCUT2D eigenvalue weighted by Gasteiger charge is -2.38. The first-order valence-electron chi connectivity index (χ1n) is 6.69. The molecule has 1 amide bonds. The maximum absolute atomic E-state index is 12.1. The SMILES string of the molecule is COCCCN1C(=O)COC(C(=O)O)C1c1ccccn1. The van der Waals surface area contributed by atoms with Gasteiger partial charge in [0.1, 0.15) is 12.6 Å². The molecular weight excluding hydrogens is 276 g/mol. The third-order valence-electron chi connectivity index (χ3n) is 3.31. The van der Waals surface area contributed by atoms with Crippen LogP contribution < -0.4 is 0 Å². The molecule has 1 aromatic rings. The molecule has 1 aliphatic heterocycles. The molecule has 7 nitrogen and oxygen atoms in total. The third-order valence-corrected chi connectivity index (χ3v) is 3.31. The lowest BCUT2D eigenvalue weighted by Crippen LogP contribution is -2.52. The number of methoxy groups -OCH3 is 1. The summed E-state index contributed by atoms with van der Waals surface area (Å²) >= 11 is 0. The Balaban J connectivity index is 2.27. The Hall–Kier alpha value is -1.99. The summed E-state index contributed by atoms with van der Waals surface area (Å²) < 4.78 is 10.2. The minimum absolute atomic E-state index is 0.229. The molecular formula is C14H18N2O5. The van der Waals surface area contributed by atoms with Crippen molar-refractivity contribution in [2.45, 2.75) is 18.6 Å². The summed E-state index contributed by atoms with van der Waals surface area (Å²) in [5, 5.41) is 9.33. The summed E-state index contributed by atoms with van der Waals surface area (Å²) in [5.41, 5.74) is 0.510. The number of nitrogens with zero attached hydrogens (tertiary/aromatic N) is 2. The van der Waals surface area contributed by atoms with E-state index in [2.05, 4.69) is 4.98 Å². The quantitative estimate of drug-likeness (QED) is 0.767. The number of rotatable bonds is 6. The molecule has 1 saturated heterocycles. The van der Waals surface area contributed by atoms with Gasteiger partial charge in [-0.2, -0.15) is 0 Å². The summed E-state index contributed by atoms with van der Waals surface area (Å²) in [6, 6.07) is 4.47. The molecule has 2 atom stereocenters. The van der Waals surface area contributed by atoms with Crippen LogP contribution in [0.1, 0.15) is 18.2 Å². The second-order valence-corrected chi connectivity index (χ2v) is 4.70. The number of morpholine rings is 1. The van der Waals surface area contributed by atoms with E-state index in [1.54, 1.807) is 31.5 Å². The fourth-order valence-electron chi connectivity index (χ4n) is 2.37. The van der Waals surface area contributed by atoms with Crippen LogP contribution in [0.4, 0.5) is 0 Å². The summed E-state index contributed by atoms with van der Waals surface area (Å²) in [4.78, 5) is 29.2. The molecule has 1 fully saturated rings. The number of carbonyl (C=O) groups excluding carboxylic acids is 1. The normalized spacial score (nSPS) is 22.3. The van der Waals surface area contributed by atoms with Crippen LogP contribution in [0.5, 0.6) is 0 Å². The van der Waals surface area contributed by atoms with Crippen molar-refractivity contribution < 1.29 is 24.2 Å². The number of hydrogen-bond acceptors (Lipinski definition) is 5. The Labute approximate surface area is 122 Å². The molecule has 1 aromatic heterocycles. The monoisotopic (exact) mass is 294 g/mol. The standard InChI is InChI=1S/C14H18N2O5/c1-20-8-4-7-16-11(17)9-21-13(14(18)19)12(16)10-5-2-3-6-15-10/h2-3,5-6,12-13H,4,7-9H2,1H3,(H,18,19). The first-order valence-corrected chi connectivity index (χ1v) is 6.69. The number of ether oxygens (including phenoxy) is 2. The van der Waals surface area contributed by atoms with E-state index in [4.69, 9.17) is 9.47 Å². The molecule has 114 valence electrons. The van der Waals surface area contributed by atoms with Gasteiger partial charge in [-0.1, -0.05) is 6.07 Å². The average molecular weight is 294 g/mol. The van der Waals surface area contributed by atoms with Crippen LogP contribution in [0, 0.1) is 0 Å². The van der Waals surface area contributed by atoms with Gasteiger partial charge in [-0.3, -0.25) is 9.78 Å². The van der Waals surface area contributed by atoms with E-state index in [1.165, 1.54) is 4.90 Å². The number of pyridine rings is 1. The van der Waals surface area contributed by atoms with E-state index in [1.807, 2.05) is 0 Å². The zero-order valence-corrected chi connectivity index (χ0v) is 11.8. The number of aliphatic carboxylic acids is 1. The highest BCUT2D eigenvalue weighted by Gasteiger charge is 2.42. The van der Waals surface area contributed by atoms with Crippen molar-refractivity contribution in [2.24, 2.45) is 0 Å². The Bertz CT molecular complexity index is 493. The fraction of sp³-hybridized carbons (Fsp3) is 0.500. The number of amides is 1. The predicted octanol–water partition coefficient (Wildman–Crippen LogP) is 0.471. The van der Waals surface area contributed by atoms with Gasteiger partial charge >= 0.3 is 5.97 Å². The summed E-state index contributed by atoms with van der Waals surface area (Å²) in [6.07, 6.45) is 1.08. The first kappa shape index (κ1) is 15.4. The molecule has 0 radical (unpaired) electrons. The van der Waals surface area contributed by atoms with E-state index in [0.29, 0.717) is 25.3 Å². The van der Waals surface area contributed by atoms with E-state index < -0.39 is 18.1 Å². The van der Waals surface area contributed by atoms with Crippen LogP contribution in [0.3, 0.4) is 0 Å². The van der Waals surface area contributed by atoms with Gasteiger partial charge in [-0.25, -0.2) is 4.79 Å². The van der Waals surface area contributed by atoms with Crippen molar-refractivity contribution in [3.05, 3.63) is 30.1 Å². The molecule has 0 saturated carbocycles. The largest absolute Gasteiger partial charge is 0.479 e. The summed E-state index contributed by atoms with van der Waals surface area (Å²) in [7, 11) is 1.58. The number of hydrogen-bond donors (Lipinski definition) is 1. The number of carbonyl (C=O) groups is 2. The Morgan fingerprint density at radius 1 is 1.57 bits per heavy atom. The van der Waals surface area contributed by atoms with Crippen molar-refractivity contribution in [3.63, 3.8) is 0 Å². The van der Waals surface area contributed by atoms with Crippen molar-refractivity contribution in [3.8, 4) is 0 Å². The van der Waals surface area contributed by atoms with Gasteiger partial charge in [0.05, 0.1) is 5.69 Å². The van der Waals surface area contributed by atoms with Gasteiger partial charge in [0.25, 0.3) is 0 Å². The first-order chi connectivity index (χ1) is 10.1. The van der Waals surface area contributed by atoms with Gasteiger partial charge in [0.15, 0.2) is 6.10 Å². The minimum Gasteiger partial charge on any atom is -0.479 e. The number of carboxylic acids is 1. The van der Waals surface area contributed by atoms with Crippen LogP contribution in [0.15, 0.2) is 24.4 Å². The van der Waals surface area contributed by atoms with E-state index >= 15 is 0 Å². The molecule has 21 heavy (non-hydrogen) atoms. The highest BCUT2D eigenvalue weighted by atomic mass is 16.5. The van der Waals surface area contributed by atoms with Crippen LogP contribution in [-0.4, -0.2) is 59.8 Å². The zero-order chi connectivity index (χ0) is 15.2.